The summed E-state index contributed by atoms with van der Waals surface area (Å²) >= 11 is 0. The van der Waals surface area contributed by atoms with E-state index in [2.05, 4.69) is 22.5 Å². The van der Waals surface area contributed by atoms with Crippen LogP contribution in [0, 0.1) is 5.92 Å². The van der Waals surface area contributed by atoms with Gasteiger partial charge < -0.3 is 20.3 Å². The molecule has 2 N–H and O–H groups in total. The van der Waals surface area contributed by atoms with E-state index >= 15 is 0 Å². The Labute approximate surface area is 178 Å². The number of hydrogen-bond donors (Lipinski definition) is 2. The number of carbonyl (C=O) groups is 2. The molecule has 1 aliphatic rings. The summed E-state index contributed by atoms with van der Waals surface area (Å²) in [6.07, 6.45) is 2.17. The summed E-state index contributed by atoms with van der Waals surface area (Å²) in [5.74, 6) is 0.683. The largest absolute Gasteiger partial charge is 0.497 e. The van der Waals surface area contributed by atoms with Crippen LogP contribution in [0.5, 0.6) is 5.75 Å². The van der Waals surface area contributed by atoms with Gasteiger partial charge in [0.1, 0.15) is 11.8 Å². The molecule has 0 saturated carbocycles. The number of hydrogen-bond acceptors (Lipinski definition) is 4. The van der Waals surface area contributed by atoms with Gasteiger partial charge in [0.2, 0.25) is 5.91 Å². The molecule has 3 rings (SSSR count). The van der Waals surface area contributed by atoms with Crippen molar-refractivity contribution in [1.82, 2.24) is 15.5 Å². The van der Waals surface area contributed by atoms with Crippen LogP contribution >= 0.6 is 0 Å². The molecule has 0 bridgehead atoms. The summed E-state index contributed by atoms with van der Waals surface area (Å²) in [7, 11) is 1.58. The highest BCUT2D eigenvalue weighted by Crippen LogP contribution is 2.18. The molecule has 0 radical (unpaired) electrons. The van der Waals surface area contributed by atoms with Crippen molar-refractivity contribution < 1.29 is 14.3 Å². The number of rotatable bonds is 8. The smallest absolute Gasteiger partial charge is 0.252 e. The number of amides is 2. The molecule has 6 nitrogen and oxygen atoms in total. The average molecular weight is 410 g/mol. The zero-order valence-electron chi connectivity index (χ0n) is 17.8. The molecule has 1 heterocycles. The lowest BCUT2D eigenvalue weighted by Gasteiger charge is -2.31. The molecular formula is C24H31N3O3. The molecule has 1 fully saturated rings. The lowest BCUT2D eigenvalue weighted by atomic mass is 9.96. The van der Waals surface area contributed by atoms with Gasteiger partial charge in [0.25, 0.3) is 5.91 Å². The number of nitrogens with one attached hydrogen (secondary N) is 2. The van der Waals surface area contributed by atoms with Crippen LogP contribution in [0.15, 0.2) is 54.6 Å². The van der Waals surface area contributed by atoms with E-state index < -0.39 is 6.04 Å². The summed E-state index contributed by atoms with van der Waals surface area (Å²) in [6.45, 7) is 6.05. The van der Waals surface area contributed by atoms with Gasteiger partial charge in [-0.25, -0.2) is 0 Å². The number of ether oxygens (including phenoxy) is 1. The third-order valence-electron chi connectivity index (χ3n) is 5.74. The van der Waals surface area contributed by atoms with Gasteiger partial charge in [-0.15, -0.1) is 0 Å². The summed E-state index contributed by atoms with van der Waals surface area (Å²) < 4.78 is 5.14. The van der Waals surface area contributed by atoms with E-state index in [-0.39, 0.29) is 11.8 Å². The Hall–Kier alpha value is -2.86. The number of likely N-dealkylation sites (tertiary alicyclic amines) is 1. The summed E-state index contributed by atoms with van der Waals surface area (Å²) in [6, 6.07) is 15.5. The molecule has 160 valence electrons. The molecule has 0 aromatic heterocycles. The number of benzene rings is 2. The van der Waals surface area contributed by atoms with Gasteiger partial charge in [0.15, 0.2) is 0 Å². The molecule has 1 atom stereocenters. The molecular weight excluding hydrogens is 378 g/mol. The van der Waals surface area contributed by atoms with Crippen molar-refractivity contribution in [3.05, 3.63) is 65.7 Å². The van der Waals surface area contributed by atoms with Crippen LogP contribution in [-0.2, 0) is 4.79 Å². The third-order valence-corrected chi connectivity index (χ3v) is 5.74. The maximum atomic E-state index is 13.0. The van der Waals surface area contributed by atoms with Crippen LogP contribution in [0.2, 0.25) is 0 Å². The lowest BCUT2D eigenvalue weighted by Crippen LogP contribution is -2.43. The molecule has 0 aliphatic carbocycles. The molecule has 2 aromatic carbocycles. The van der Waals surface area contributed by atoms with Crippen LogP contribution in [0.4, 0.5) is 0 Å². The standard InChI is InChI=1S/C24H31N3O3/c1-3-27-15-13-18(14-16-27)17-25-24(29)22(19-7-5-4-6-8-19)26-23(28)20-9-11-21(30-2)12-10-20/h4-12,18,22H,3,13-17H2,1-2H3,(H,25,29)(H,26,28)/t22-/m1/s1. The van der Waals surface area contributed by atoms with E-state index in [1.807, 2.05) is 30.3 Å². The maximum absolute atomic E-state index is 13.0. The predicted molar refractivity (Wildman–Crippen MR) is 117 cm³/mol. The fourth-order valence-corrected chi connectivity index (χ4v) is 3.76. The molecule has 6 heteroatoms. The van der Waals surface area contributed by atoms with E-state index in [0.717, 1.165) is 38.0 Å². The Kier molecular flexibility index (Phi) is 7.85. The molecule has 0 unspecified atom stereocenters. The van der Waals surface area contributed by atoms with Crippen molar-refractivity contribution >= 4 is 11.8 Å². The second-order valence-electron chi connectivity index (χ2n) is 7.67. The van der Waals surface area contributed by atoms with Gasteiger partial charge in [-0.3, -0.25) is 9.59 Å². The SMILES string of the molecule is CCN1CCC(CNC(=O)[C@H](NC(=O)c2ccc(OC)cc2)c2ccccc2)CC1. The highest BCUT2D eigenvalue weighted by molar-refractivity contribution is 5.98. The Morgan fingerprint density at radius 2 is 1.73 bits per heavy atom. The molecule has 1 saturated heterocycles. The van der Waals surface area contributed by atoms with Crippen LogP contribution in [0.3, 0.4) is 0 Å². The van der Waals surface area contributed by atoms with Crippen LogP contribution in [0.1, 0.15) is 41.7 Å². The van der Waals surface area contributed by atoms with E-state index in [4.69, 9.17) is 4.74 Å². The van der Waals surface area contributed by atoms with Crippen molar-refractivity contribution in [2.24, 2.45) is 5.92 Å². The number of piperidine rings is 1. The second-order valence-corrected chi connectivity index (χ2v) is 7.67. The lowest BCUT2D eigenvalue weighted by molar-refractivity contribution is -0.123. The van der Waals surface area contributed by atoms with Gasteiger partial charge in [-0.2, -0.15) is 0 Å². The van der Waals surface area contributed by atoms with Gasteiger partial charge in [0, 0.05) is 12.1 Å². The van der Waals surface area contributed by atoms with E-state index in [1.54, 1.807) is 31.4 Å². The topological polar surface area (TPSA) is 70.7 Å². The van der Waals surface area contributed by atoms with Crippen molar-refractivity contribution in [3.63, 3.8) is 0 Å². The fourth-order valence-electron chi connectivity index (χ4n) is 3.76. The number of carbonyl (C=O) groups excluding carboxylic acids is 2. The van der Waals surface area contributed by atoms with Crippen molar-refractivity contribution in [2.45, 2.75) is 25.8 Å². The zero-order chi connectivity index (χ0) is 21.3. The minimum atomic E-state index is -0.739. The zero-order valence-corrected chi connectivity index (χ0v) is 17.8. The molecule has 2 aromatic rings. The van der Waals surface area contributed by atoms with Crippen LogP contribution in [0.25, 0.3) is 0 Å². The Bertz CT molecular complexity index is 815. The Morgan fingerprint density at radius 3 is 2.33 bits per heavy atom. The maximum Gasteiger partial charge on any atom is 0.252 e. The first-order valence-electron chi connectivity index (χ1n) is 10.6. The van der Waals surface area contributed by atoms with Crippen molar-refractivity contribution in [1.29, 1.82) is 0 Å². The van der Waals surface area contributed by atoms with Crippen molar-refractivity contribution in [3.8, 4) is 5.75 Å². The molecule has 30 heavy (non-hydrogen) atoms. The summed E-state index contributed by atoms with van der Waals surface area (Å²) in [5, 5.41) is 5.96. The van der Waals surface area contributed by atoms with Gasteiger partial charge >= 0.3 is 0 Å². The molecule has 2 amide bonds. The summed E-state index contributed by atoms with van der Waals surface area (Å²) in [4.78, 5) is 28.2. The van der Waals surface area contributed by atoms with Crippen molar-refractivity contribution in [2.75, 3.05) is 33.3 Å². The van der Waals surface area contributed by atoms with E-state index in [0.29, 0.717) is 23.8 Å². The first-order chi connectivity index (χ1) is 14.6. The summed E-state index contributed by atoms with van der Waals surface area (Å²) in [5.41, 5.74) is 1.24. The van der Waals surface area contributed by atoms with Gasteiger partial charge in [-0.05, 0) is 68.2 Å². The molecule has 0 spiro atoms. The minimum absolute atomic E-state index is 0.180. The Morgan fingerprint density at radius 1 is 1.07 bits per heavy atom. The monoisotopic (exact) mass is 409 g/mol. The molecule has 1 aliphatic heterocycles. The van der Waals surface area contributed by atoms with Crippen LogP contribution in [-0.4, -0.2) is 50.0 Å². The first-order valence-corrected chi connectivity index (χ1v) is 10.6. The third kappa shape index (κ3) is 5.83. The fraction of sp³-hybridized carbons (Fsp3) is 0.417. The highest BCUT2D eigenvalue weighted by Gasteiger charge is 2.25. The number of nitrogens with zero attached hydrogens (tertiary/aromatic N) is 1. The first kappa shape index (κ1) is 21.8. The van der Waals surface area contributed by atoms with E-state index in [1.165, 1.54) is 0 Å². The van der Waals surface area contributed by atoms with E-state index in [9.17, 15) is 9.59 Å². The normalized spacial score (nSPS) is 15.9. The Balaban J connectivity index is 1.64. The quantitative estimate of drug-likeness (QED) is 0.703. The highest BCUT2D eigenvalue weighted by atomic mass is 16.5. The predicted octanol–water partition coefficient (Wildman–Crippen LogP) is 3.01. The van der Waals surface area contributed by atoms with Gasteiger partial charge in [-0.1, -0.05) is 37.3 Å². The minimum Gasteiger partial charge on any atom is -0.497 e. The number of methoxy groups -OCH3 is 1. The average Bonchev–Trinajstić information content (AvgIpc) is 2.81. The van der Waals surface area contributed by atoms with Gasteiger partial charge in [0.05, 0.1) is 7.11 Å². The second kappa shape index (κ2) is 10.8. The van der Waals surface area contributed by atoms with Crippen LogP contribution < -0.4 is 15.4 Å².